The van der Waals surface area contributed by atoms with E-state index in [0.29, 0.717) is 27.6 Å². The molecule has 2 N–H and O–H groups in total. The molecule has 2 aromatic carbocycles. The number of imide groups is 1. The van der Waals surface area contributed by atoms with E-state index >= 15 is 0 Å². The SMILES string of the molecule is NC(=O)COc1ccc(/C=C2\SC(=O)N(Cc3cc4c(cc3Cl)OCO4)C2=O)cc1Cl. The van der Waals surface area contributed by atoms with Crippen molar-refractivity contribution in [2.75, 3.05) is 13.4 Å². The first-order valence-electron chi connectivity index (χ1n) is 8.86. The summed E-state index contributed by atoms with van der Waals surface area (Å²) in [5.41, 5.74) is 6.20. The van der Waals surface area contributed by atoms with Crippen LogP contribution in [-0.4, -0.2) is 35.4 Å². The van der Waals surface area contributed by atoms with Crippen LogP contribution in [0.2, 0.25) is 10.0 Å². The summed E-state index contributed by atoms with van der Waals surface area (Å²) >= 11 is 13.2. The number of carbonyl (C=O) groups excluding carboxylic acids is 3. The summed E-state index contributed by atoms with van der Waals surface area (Å²) in [6.07, 6.45) is 1.55. The van der Waals surface area contributed by atoms with Crippen molar-refractivity contribution in [3.8, 4) is 17.2 Å². The summed E-state index contributed by atoms with van der Waals surface area (Å²) in [5, 5.41) is 0.185. The highest BCUT2D eigenvalue weighted by Crippen LogP contribution is 2.39. The maximum absolute atomic E-state index is 12.8. The first kappa shape index (κ1) is 21.4. The van der Waals surface area contributed by atoms with Gasteiger partial charge in [-0.15, -0.1) is 0 Å². The van der Waals surface area contributed by atoms with Crippen LogP contribution >= 0.6 is 35.0 Å². The summed E-state index contributed by atoms with van der Waals surface area (Å²) in [6.45, 7) is -0.215. The van der Waals surface area contributed by atoms with Crippen LogP contribution in [0.4, 0.5) is 4.79 Å². The smallest absolute Gasteiger partial charge is 0.293 e. The number of rotatable bonds is 6. The van der Waals surface area contributed by atoms with Crippen molar-refractivity contribution in [2.45, 2.75) is 6.54 Å². The van der Waals surface area contributed by atoms with E-state index in [1.165, 1.54) is 0 Å². The highest BCUT2D eigenvalue weighted by Gasteiger charge is 2.35. The van der Waals surface area contributed by atoms with Crippen LogP contribution in [-0.2, 0) is 16.1 Å². The summed E-state index contributed by atoms with van der Waals surface area (Å²) in [7, 11) is 0. The summed E-state index contributed by atoms with van der Waals surface area (Å²) in [4.78, 5) is 37.4. The molecule has 3 amide bonds. The Morgan fingerprint density at radius 3 is 2.61 bits per heavy atom. The van der Waals surface area contributed by atoms with Crippen molar-refractivity contribution in [1.82, 2.24) is 4.90 Å². The summed E-state index contributed by atoms with van der Waals surface area (Å²) in [5.74, 6) is 0.228. The summed E-state index contributed by atoms with van der Waals surface area (Å²) in [6, 6.07) is 8.00. The lowest BCUT2D eigenvalue weighted by atomic mass is 10.1. The Morgan fingerprint density at radius 1 is 1.16 bits per heavy atom. The van der Waals surface area contributed by atoms with Gasteiger partial charge in [-0.2, -0.15) is 0 Å². The Kier molecular flexibility index (Phi) is 5.99. The van der Waals surface area contributed by atoms with E-state index in [1.54, 1.807) is 36.4 Å². The molecule has 8 nitrogen and oxygen atoms in total. The van der Waals surface area contributed by atoms with Gasteiger partial charge in [-0.3, -0.25) is 19.3 Å². The lowest BCUT2D eigenvalue weighted by Gasteiger charge is -2.14. The highest BCUT2D eigenvalue weighted by atomic mass is 35.5. The normalized spacial score (nSPS) is 16.3. The van der Waals surface area contributed by atoms with Gasteiger partial charge in [0.2, 0.25) is 6.79 Å². The molecular formula is C20H14Cl2N2O6S. The largest absolute Gasteiger partial charge is 0.482 e. The van der Waals surface area contributed by atoms with Crippen LogP contribution in [0.1, 0.15) is 11.1 Å². The number of nitrogens with zero attached hydrogens (tertiary/aromatic N) is 1. The minimum Gasteiger partial charge on any atom is -0.482 e. The molecule has 0 radical (unpaired) electrons. The molecule has 11 heteroatoms. The number of halogens is 2. The van der Waals surface area contributed by atoms with Crippen molar-refractivity contribution < 1.29 is 28.6 Å². The molecule has 4 rings (SSSR count). The standard InChI is InChI=1S/C20H14Cl2N2O6S/c21-12-6-16-15(29-9-30-16)5-11(12)7-24-19(26)17(31-20(24)27)4-10-1-2-14(13(22)3-10)28-8-18(23)25/h1-6H,7-9H2,(H2,23,25)/b17-4-. The molecule has 0 bridgehead atoms. The van der Waals surface area contributed by atoms with E-state index in [2.05, 4.69) is 0 Å². The molecule has 31 heavy (non-hydrogen) atoms. The lowest BCUT2D eigenvalue weighted by molar-refractivity contribution is -0.123. The number of fused-ring (bicyclic) bond motifs is 1. The van der Waals surface area contributed by atoms with Crippen LogP contribution < -0.4 is 19.9 Å². The number of hydrogen-bond donors (Lipinski definition) is 1. The second-order valence-electron chi connectivity index (χ2n) is 6.51. The number of carbonyl (C=O) groups is 3. The minimum absolute atomic E-state index is 0.00185. The minimum atomic E-state index is -0.628. The molecule has 0 aromatic heterocycles. The number of hydrogen-bond acceptors (Lipinski definition) is 7. The zero-order chi connectivity index (χ0) is 22.1. The average molecular weight is 481 g/mol. The number of amides is 3. The first-order chi connectivity index (χ1) is 14.8. The number of benzene rings is 2. The van der Waals surface area contributed by atoms with Crippen LogP contribution in [0.3, 0.4) is 0 Å². The maximum atomic E-state index is 12.8. The van der Waals surface area contributed by atoms with Crippen molar-refractivity contribution in [2.24, 2.45) is 5.73 Å². The van der Waals surface area contributed by atoms with Gasteiger partial charge in [0, 0.05) is 11.1 Å². The Balaban J connectivity index is 1.51. The Hall–Kier alpha value is -2.88. The van der Waals surface area contributed by atoms with Crippen LogP contribution in [0.15, 0.2) is 35.2 Å². The number of ether oxygens (including phenoxy) is 3. The van der Waals surface area contributed by atoms with Crippen molar-refractivity contribution >= 4 is 58.1 Å². The van der Waals surface area contributed by atoms with E-state index in [1.807, 2.05) is 0 Å². The lowest BCUT2D eigenvalue weighted by Crippen LogP contribution is -2.27. The van der Waals surface area contributed by atoms with Crippen LogP contribution in [0.25, 0.3) is 6.08 Å². The van der Waals surface area contributed by atoms with Gasteiger partial charge in [0.25, 0.3) is 17.1 Å². The zero-order valence-corrected chi connectivity index (χ0v) is 18.1. The van der Waals surface area contributed by atoms with E-state index in [-0.39, 0.29) is 35.6 Å². The molecule has 0 aliphatic carbocycles. The maximum Gasteiger partial charge on any atom is 0.293 e. The fourth-order valence-corrected chi connectivity index (χ4v) is 4.21. The first-order valence-corrected chi connectivity index (χ1v) is 10.4. The molecule has 0 atom stereocenters. The van der Waals surface area contributed by atoms with Crippen molar-refractivity contribution in [3.63, 3.8) is 0 Å². The molecule has 0 spiro atoms. The second-order valence-corrected chi connectivity index (χ2v) is 8.32. The van der Waals surface area contributed by atoms with Gasteiger partial charge in [0.1, 0.15) is 5.75 Å². The third kappa shape index (κ3) is 4.58. The summed E-state index contributed by atoms with van der Waals surface area (Å²) < 4.78 is 15.8. The van der Waals surface area contributed by atoms with Crippen molar-refractivity contribution in [1.29, 1.82) is 0 Å². The molecule has 0 saturated carbocycles. The number of nitrogens with two attached hydrogens (primary N) is 1. The third-order valence-electron chi connectivity index (χ3n) is 4.37. The van der Waals surface area contributed by atoms with Gasteiger partial charge in [0.05, 0.1) is 16.5 Å². The predicted molar refractivity (Wildman–Crippen MR) is 115 cm³/mol. The number of primary amides is 1. The molecule has 0 unspecified atom stereocenters. The Morgan fingerprint density at radius 2 is 1.90 bits per heavy atom. The molecule has 2 aliphatic heterocycles. The van der Waals surface area contributed by atoms with Gasteiger partial charge in [0.15, 0.2) is 18.1 Å². The molecule has 1 fully saturated rings. The van der Waals surface area contributed by atoms with Gasteiger partial charge in [-0.05, 0) is 47.2 Å². The topological polar surface area (TPSA) is 108 Å². The molecule has 1 saturated heterocycles. The third-order valence-corrected chi connectivity index (χ3v) is 5.92. The number of thioether (sulfide) groups is 1. The Labute approximate surface area is 190 Å². The van der Waals surface area contributed by atoms with Crippen LogP contribution in [0, 0.1) is 0 Å². The molecule has 2 heterocycles. The molecule has 160 valence electrons. The quantitative estimate of drug-likeness (QED) is 0.625. The van der Waals surface area contributed by atoms with E-state index in [4.69, 9.17) is 43.1 Å². The highest BCUT2D eigenvalue weighted by molar-refractivity contribution is 8.18. The monoisotopic (exact) mass is 480 g/mol. The van der Waals surface area contributed by atoms with E-state index in [0.717, 1.165) is 16.7 Å². The zero-order valence-electron chi connectivity index (χ0n) is 15.7. The fraction of sp³-hybridized carbons (Fsp3) is 0.150. The Bertz CT molecular complexity index is 1140. The van der Waals surface area contributed by atoms with Gasteiger partial charge in [-0.1, -0.05) is 29.3 Å². The second kappa shape index (κ2) is 8.70. The average Bonchev–Trinajstić information content (AvgIpc) is 3.26. The molecule has 2 aliphatic rings. The predicted octanol–water partition coefficient (Wildman–Crippen LogP) is 3.82. The molecular weight excluding hydrogens is 467 g/mol. The molecule has 2 aromatic rings. The van der Waals surface area contributed by atoms with Gasteiger partial charge in [-0.25, -0.2) is 0 Å². The van der Waals surface area contributed by atoms with Crippen LogP contribution in [0.5, 0.6) is 17.2 Å². The van der Waals surface area contributed by atoms with Crippen molar-refractivity contribution in [3.05, 3.63) is 56.4 Å². The van der Waals surface area contributed by atoms with E-state index in [9.17, 15) is 14.4 Å². The fourth-order valence-electron chi connectivity index (χ4n) is 2.91. The van der Waals surface area contributed by atoms with Gasteiger partial charge < -0.3 is 19.9 Å². The van der Waals surface area contributed by atoms with Gasteiger partial charge >= 0.3 is 0 Å². The van der Waals surface area contributed by atoms with E-state index < -0.39 is 17.1 Å².